The van der Waals surface area contributed by atoms with E-state index in [2.05, 4.69) is 41.5 Å². The molecule has 2 heteroatoms. The molecule has 1 fully saturated rings. The fourth-order valence-electron chi connectivity index (χ4n) is 3.96. The maximum absolute atomic E-state index is 11.9. The molecule has 1 aliphatic carbocycles. The van der Waals surface area contributed by atoms with Crippen LogP contribution in [0.2, 0.25) is 0 Å². The van der Waals surface area contributed by atoms with Gasteiger partial charge < -0.3 is 4.74 Å². The number of rotatable bonds is 1. The Hall–Kier alpha value is -0.530. The monoisotopic (exact) mass is 226 g/mol. The first-order valence-electron chi connectivity index (χ1n) is 6.16. The number of hydrogen-bond donors (Lipinski definition) is 0. The third-order valence-corrected chi connectivity index (χ3v) is 4.58. The Kier molecular flexibility index (Phi) is 3.17. The molecule has 0 bridgehead atoms. The van der Waals surface area contributed by atoms with Crippen LogP contribution >= 0.6 is 0 Å². The quantitative estimate of drug-likeness (QED) is 0.638. The first-order chi connectivity index (χ1) is 7.08. The van der Waals surface area contributed by atoms with Crippen molar-refractivity contribution in [1.82, 2.24) is 0 Å². The summed E-state index contributed by atoms with van der Waals surface area (Å²) in [6.45, 7) is 13.5. The number of hydrogen-bond acceptors (Lipinski definition) is 2. The van der Waals surface area contributed by atoms with Gasteiger partial charge in [0.15, 0.2) is 0 Å². The summed E-state index contributed by atoms with van der Waals surface area (Å²) in [5.41, 5.74) is 0.317. The van der Waals surface area contributed by atoms with Crippen LogP contribution < -0.4 is 0 Å². The molecule has 0 spiro atoms. The minimum atomic E-state index is -0.0314. The molecule has 0 aliphatic heterocycles. The van der Waals surface area contributed by atoms with E-state index in [9.17, 15) is 4.79 Å². The zero-order valence-electron chi connectivity index (χ0n) is 11.8. The molecule has 2 nitrogen and oxygen atoms in total. The standard InChI is InChI=1S/C14H26O2/c1-12(2,3)14(13(4,5)6)9-8-10(14)11(15)16-7/h10H,8-9H2,1-7H3. The fraction of sp³-hybridized carbons (Fsp3) is 0.929. The molecular weight excluding hydrogens is 200 g/mol. The van der Waals surface area contributed by atoms with Gasteiger partial charge in [0.1, 0.15) is 0 Å². The molecule has 0 aromatic rings. The lowest BCUT2D eigenvalue weighted by Crippen LogP contribution is -2.60. The van der Waals surface area contributed by atoms with Gasteiger partial charge in [-0.3, -0.25) is 4.79 Å². The van der Waals surface area contributed by atoms with Crippen molar-refractivity contribution in [1.29, 1.82) is 0 Å². The Bertz CT molecular complexity index is 264. The van der Waals surface area contributed by atoms with Crippen LogP contribution in [0.15, 0.2) is 0 Å². The lowest BCUT2D eigenvalue weighted by Gasteiger charge is -2.63. The summed E-state index contributed by atoms with van der Waals surface area (Å²) < 4.78 is 4.96. The lowest BCUT2D eigenvalue weighted by molar-refractivity contribution is -0.191. The van der Waals surface area contributed by atoms with E-state index in [-0.39, 0.29) is 28.1 Å². The van der Waals surface area contributed by atoms with Crippen molar-refractivity contribution in [2.45, 2.75) is 54.4 Å². The Labute approximate surface area is 99.8 Å². The van der Waals surface area contributed by atoms with Gasteiger partial charge in [-0.25, -0.2) is 0 Å². The molecule has 0 amide bonds. The summed E-state index contributed by atoms with van der Waals surface area (Å²) in [5.74, 6) is 0.0357. The van der Waals surface area contributed by atoms with Crippen LogP contribution in [-0.2, 0) is 9.53 Å². The predicted molar refractivity (Wildman–Crippen MR) is 66.1 cm³/mol. The van der Waals surface area contributed by atoms with E-state index in [4.69, 9.17) is 4.74 Å². The molecule has 0 aromatic heterocycles. The average molecular weight is 226 g/mol. The van der Waals surface area contributed by atoms with Gasteiger partial charge in [-0.05, 0) is 29.1 Å². The van der Waals surface area contributed by atoms with E-state index in [1.54, 1.807) is 0 Å². The van der Waals surface area contributed by atoms with Crippen LogP contribution in [0.25, 0.3) is 0 Å². The molecule has 0 radical (unpaired) electrons. The van der Waals surface area contributed by atoms with Crippen molar-refractivity contribution >= 4 is 5.97 Å². The number of esters is 1. The fourth-order valence-corrected chi connectivity index (χ4v) is 3.96. The Morgan fingerprint density at radius 1 is 1.12 bits per heavy atom. The number of ether oxygens (including phenoxy) is 1. The van der Waals surface area contributed by atoms with Crippen molar-refractivity contribution in [3.8, 4) is 0 Å². The minimum Gasteiger partial charge on any atom is -0.469 e. The van der Waals surface area contributed by atoms with Crippen LogP contribution in [0.1, 0.15) is 54.4 Å². The summed E-state index contributed by atoms with van der Waals surface area (Å²) in [7, 11) is 1.50. The van der Waals surface area contributed by atoms with Crippen molar-refractivity contribution in [3.63, 3.8) is 0 Å². The Balaban J connectivity index is 3.14. The van der Waals surface area contributed by atoms with E-state index in [1.807, 2.05) is 0 Å². The molecule has 1 aliphatic rings. The lowest BCUT2D eigenvalue weighted by atomic mass is 9.40. The highest BCUT2D eigenvalue weighted by Gasteiger charge is 2.62. The minimum absolute atomic E-state index is 0.0314. The average Bonchev–Trinajstić information content (AvgIpc) is 1.96. The molecule has 1 saturated carbocycles. The molecule has 0 N–H and O–H groups in total. The van der Waals surface area contributed by atoms with E-state index >= 15 is 0 Å². The summed E-state index contributed by atoms with van der Waals surface area (Å²) in [6.07, 6.45) is 2.10. The molecule has 1 rings (SSSR count). The zero-order chi connectivity index (χ0) is 12.8. The second kappa shape index (κ2) is 3.75. The molecule has 94 valence electrons. The van der Waals surface area contributed by atoms with E-state index < -0.39 is 0 Å². The molecular formula is C14H26O2. The topological polar surface area (TPSA) is 26.3 Å². The van der Waals surface area contributed by atoms with E-state index in [0.29, 0.717) is 0 Å². The van der Waals surface area contributed by atoms with E-state index in [0.717, 1.165) is 12.8 Å². The maximum Gasteiger partial charge on any atom is 0.309 e. The molecule has 0 heterocycles. The van der Waals surface area contributed by atoms with Gasteiger partial charge in [-0.15, -0.1) is 0 Å². The van der Waals surface area contributed by atoms with Crippen LogP contribution in [0, 0.1) is 22.2 Å². The summed E-state index contributed by atoms with van der Waals surface area (Å²) >= 11 is 0. The summed E-state index contributed by atoms with van der Waals surface area (Å²) in [5, 5.41) is 0. The first-order valence-corrected chi connectivity index (χ1v) is 6.16. The second-order valence-electron chi connectivity index (χ2n) is 7.09. The van der Waals surface area contributed by atoms with Crippen molar-refractivity contribution in [2.24, 2.45) is 22.2 Å². The largest absolute Gasteiger partial charge is 0.469 e. The van der Waals surface area contributed by atoms with E-state index in [1.165, 1.54) is 7.11 Å². The third kappa shape index (κ3) is 1.66. The number of carbonyl (C=O) groups is 1. The molecule has 1 atom stereocenters. The SMILES string of the molecule is COC(=O)C1CCC1(C(C)(C)C)C(C)(C)C. The summed E-state index contributed by atoms with van der Waals surface area (Å²) in [6, 6.07) is 0. The molecule has 0 saturated heterocycles. The Morgan fingerprint density at radius 3 is 1.75 bits per heavy atom. The van der Waals surface area contributed by atoms with Gasteiger partial charge >= 0.3 is 5.97 Å². The number of carbonyl (C=O) groups excluding carboxylic acids is 1. The van der Waals surface area contributed by atoms with Crippen LogP contribution in [0.4, 0.5) is 0 Å². The highest BCUT2D eigenvalue weighted by Crippen LogP contribution is 2.66. The highest BCUT2D eigenvalue weighted by molar-refractivity contribution is 5.75. The van der Waals surface area contributed by atoms with Gasteiger partial charge in [0.25, 0.3) is 0 Å². The smallest absolute Gasteiger partial charge is 0.309 e. The predicted octanol–water partition coefficient (Wildman–Crippen LogP) is 3.65. The van der Waals surface area contributed by atoms with Crippen LogP contribution in [-0.4, -0.2) is 13.1 Å². The van der Waals surface area contributed by atoms with Crippen LogP contribution in [0.3, 0.4) is 0 Å². The molecule has 1 unspecified atom stereocenters. The molecule has 16 heavy (non-hydrogen) atoms. The highest BCUT2D eigenvalue weighted by atomic mass is 16.5. The maximum atomic E-state index is 11.9. The normalized spacial score (nSPS) is 24.8. The van der Waals surface area contributed by atoms with Crippen molar-refractivity contribution < 1.29 is 9.53 Å². The third-order valence-electron chi connectivity index (χ3n) is 4.58. The second-order valence-corrected chi connectivity index (χ2v) is 7.09. The number of methoxy groups -OCH3 is 1. The van der Waals surface area contributed by atoms with Gasteiger partial charge in [-0.1, -0.05) is 41.5 Å². The van der Waals surface area contributed by atoms with Gasteiger partial charge in [0.2, 0.25) is 0 Å². The van der Waals surface area contributed by atoms with Gasteiger partial charge in [-0.2, -0.15) is 0 Å². The Morgan fingerprint density at radius 2 is 1.56 bits per heavy atom. The summed E-state index contributed by atoms with van der Waals surface area (Å²) in [4.78, 5) is 11.9. The first kappa shape index (κ1) is 13.5. The van der Waals surface area contributed by atoms with Crippen molar-refractivity contribution in [2.75, 3.05) is 7.11 Å². The van der Waals surface area contributed by atoms with Gasteiger partial charge in [0, 0.05) is 0 Å². The molecule has 0 aromatic carbocycles. The van der Waals surface area contributed by atoms with Crippen molar-refractivity contribution in [3.05, 3.63) is 0 Å². The van der Waals surface area contributed by atoms with Gasteiger partial charge in [0.05, 0.1) is 13.0 Å². The van der Waals surface area contributed by atoms with Crippen LogP contribution in [0.5, 0.6) is 0 Å². The zero-order valence-corrected chi connectivity index (χ0v) is 11.8.